The molecule has 0 saturated carbocycles. The van der Waals surface area contributed by atoms with Gasteiger partial charge in [-0.2, -0.15) is 0 Å². The second kappa shape index (κ2) is 5.69. The van der Waals surface area contributed by atoms with Crippen LogP contribution in [-0.2, 0) is 11.8 Å². The van der Waals surface area contributed by atoms with Crippen LogP contribution in [0, 0.1) is 13.8 Å². The fourth-order valence-corrected chi connectivity index (χ4v) is 1.90. The van der Waals surface area contributed by atoms with Gasteiger partial charge in [0.1, 0.15) is 5.69 Å². The summed E-state index contributed by atoms with van der Waals surface area (Å²) in [5.74, 6) is -0.806. The highest BCUT2D eigenvalue weighted by Gasteiger charge is 2.16. The number of hydrogen-bond acceptors (Lipinski definition) is 4. The van der Waals surface area contributed by atoms with Crippen LogP contribution in [0.3, 0.4) is 0 Å². The van der Waals surface area contributed by atoms with Crippen molar-refractivity contribution >= 4 is 11.8 Å². The quantitative estimate of drug-likeness (QED) is 0.631. The van der Waals surface area contributed by atoms with Crippen LogP contribution in [0.15, 0.2) is 30.5 Å². The van der Waals surface area contributed by atoms with E-state index in [1.165, 1.54) is 6.20 Å². The number of esters is 1. The lowest BCUT2D eigenvalue weighted by Gasteiger charge is -2.04. The molecule has 0 amide bonds. The fourth-order valence-electron chi connectivity index (χ4n) is 1.90. The van der Waals surface area contributed by atoms with Crippen molar-refractivity contribution in [2.45, 2.75) is 13.8 Å². The van der Waals surface area contributed by atoms with Crippen LogP contribution < -0.4 is 0 Å². The monoisotopic (exact) mass is 272 g/mol. The molecule has 0 radical (unpaired) electrons. The zero-order valence-electron chi connectivity index (χ0n) is 11.7. The average Bonchev–Trinajstić information content (AvgIpc) is 2.73. The zero-order valence-corrected chi connectivity index (χ0v) is 11.7. The third-order valence-corrected chi connectivity index (χ3v) is 3.28. The maximum Gasteiger partial charge on any atom is 0.357 e. The Morgan fingerprint density at radius 2 is 2.05 bits per heavy atom. The normalized spacial score (nSPS) is 10.3. The molecule has 0 fully saturated rings. The third kappa shape index (κ3) is 2.77. The first-order valence-corrected chi connectivity index (χ1v) is 6.25. The van der Waals surface area contributed by atoms with Gasteiger partial charge in [-0.1, -0.05) is 6.07 Å². The van der Waals surface area contributed by atoms with Crippen LogP contribution in [0.4, 0.5) is 0 Å². The number of ketones is 1. The van der Waals surface area contributed by atoms with Crippen LogP contribution in [-0.4, -0.2) is 27.9 Å². The highest BCUT2D eigenvalue weighted by molar-refractivity contribution is 6.00. The van der Waals surface area contributed by atoms with Gasteiger partial charge >= 0.3 is 5.97 Å². The van der Waals surface area contributed by atoms with Gasteiger partial charge in [-0.15, -0.1) is 0 Å². The van der Waals surface area contributed by atoms with E-state index in [9.17, 15) is 9.59 Å². The first kappa shape index (κ1) is 14.0. The van der Waals surface area contributed by atoms with Gasteiger partial charge in [-0.05, 0) is 32.0 Å². The largest absolute Gasteiger partial charge is 0.453 e. The molecule has 0 aromatic carbocycles. The summed E-state index contributed by atoms with van der Waals surface area (Å²) in [6.07, 6.45) is 1.50. The molecule has 5 heteroatoms. The van der Waals surface area contributed by atoms with Gasteiger partial charge in [0.05, 0.1) is 0 Å². The Kier molecular flexibility index (Phi) is 3.98. The second-order valence-electron chi connectivity index (χ2n) is 4.56. The number of rotatable bonds is 4. The van der Waals surface area contributed by atoms with Crippen molar-refractivity contribution in [3.8, 4) is 0 Å². The van der Waals surface area contributed by atoms with Crippen molar-refractivity contribution in [3.05, 3.63) is 53.1 Å². The van der Waals surface area contributed by atoms with Crippen LogP contribution in [0.1, 0.15) is 32.2 Å². The number of aryl methyl sites for hydroxylation is 1. The summed E-state index contributed by atoms with van der Waals surface area (Å²) in [5.41, 5.74) is 2.63. The Morgan fingerprint density at radius 1 is 1.30 bits per heavy atom. The van der Waals surface area contributed by atoms with Gasteiger partial charge in [0, 0.05) is 30.2 Å². The van der Waals surface area contributed by atoms with E-state index in [4.69, 9.17) is 4.74 Å². The van der Waals surface area contributed by atoms with E-state index in [-0.39, 0.29) is 18.1 Å². The number of aromatic nitrogens is 2. The summed E-state index contributed by atoms with van der Waals surface area (Å²) < 4.78 is 6.91. The number of ether oxygens (including phenoxy) is 1. The predicted octanol–water partition coefficient (Wildman–Crippen LogP) is 2.08. The molecule has 20 heavy (non-hydrogen) atoms. The summed E-state index contributed by atoms with van der Waals surface area (Å²) in [4.78, 5) is 27.6. The van der Waals surface area contributed by atoms with Gasteiger partial charge in [0.2, 0.25) is 5.78 Å². The lowest BCUT2D eigenvalue weighted by molar-refractivity contribution is 0.0468. The SMILES string of the molecule is Cc1cc(C(=O)COC(=O)c2ccccn2)c(C)n1C. The Labute approximate surface area is 117 Å². The van der Waals surface area contributed by atoms with Gasteiger partial charge in [-0.25, -0.2) is 9.78 Å². The Morgan fingerprint density at radius 3 is 2.60 bits per heavy atom. The first-order chi connectivity index (χ1) is 9.50. The summed E-state index contributed by atoms with van der Waals surface area (Å²) in [6, 6.07) is 6.74. The zero-order chi connectivity index (χ0) is 14.7. The third-order valence-electron chi connectivity index (χ3n) is 3.28. The summed E-state index contributed by atoms with van der Waals surface area (Å²) >= 11 is 0. The van der Waals surface area contributed by atoms with Crippen molar-refractivity contribution in [2.75, 3.05) is 6.61 Å². The Bertz CT molecular complexity index is 645. The van der Waals surface area contributed by atoms with Gasteiger partial charge in [0.15, 0.2) is 6.61 Å². The minimum atomic E-state index is -0.593. The smallest absolute Gasteiger partial charge is 0.357 e. The Hall–Kier alpha value is -2.43. The minimum absolute atomic E-state index is 0.196. The number of carbonyl (C=O) groups is 2. The molecular formula is C15H16N2O3. The second-order valence-corrected chi connectivity index (χ2v) is 4.56. The molecule has 0 spiro atoms. The molecule has 0 aliphatic rings. The molecule has 0 aliphatic carbocycles. The standard InChI is InChI=1S/C15H16N2O3/c1-10-8-12(11(2)17(10)3)14(18)9-20-15(19)13-6-4-5-7-16-13/h4-8H,9H2,1-3H3. The highest BCUT2D eigenvalue weighted by Crippen LogP contribution is 2.14. The van der Waals surface area contributed by atoms with Crippen molar-refractivity contribution in [1.29, 1.82) is 0 Å². The molecule has 0 saturated heterocycles. The maximum atomic E-state index is 12.1. The van der Waals surface area contributed by atoms with E-state index in [1.54, 1.807) is 24.3 Å². The molecule has 2 rings (SSSR count). The molecule has 2 heterocycles. The van der Waals surface area contributed by atoms with Crippen molar-refractivity contribution in [3.63, 3.8) is 0 Å². The summed E-state index contributed by atoms with van der Waals surface area (Å²) in [5, 5.41) is 0. The molecule has 0 atom stereocenters. The van der Waals surface area contributed by atoms with E-state index in [1.807, 2.05) is 25.5 Å². The molecule has 2 aromatic rings. The van der Waals surface area contributed by atoms with Crippen molar-refractivity contribution in [2.24, 2.45) is 7.05 Å². The Balaban J connectivity index is 2.02. The molecule has 5 nitrogen and oxygen atoms in total. The van der Waals surface area contributed by atoms with Crippen LogP contribution >= 0.6 is 0 Å². The number of Topliss-reactive ketones (excluding diaryl/α,β-unsaturated/α-hetero) is 1. The lowest BCUT2D eigenvalue weighted by atomic mass is 10.1. The van der Waals surface area contributed by atoms with E-state index < -0.39 is 5.97 Å². The van der Waals surface area contributed by atoms with E-state index in [0.717, 1.165) is 11.4 Å². The van der Waals surface area contributed by atoms with Crippen molar-refractivity contribution < 1.29 is 14.3 Å². The van der Waals surface area contributed by atoms with Gasteiger partial charge in [-0.3, -0.25) is 4.79 Å². The summed E-state index contributed by atoms with van der Waals surface area (Å²) in [7, 11) is 1.89. The topological polar surface area (TPSA) is 61.2 Å². The van der Waals surface area contributed by atoms with E-state index in [2.05, 4.69) is 4.98 Å². The molecule has 0 bridgehead atoms. The number of carbonyl (C=O) groups excluding carboxylic acids is 2. The predicted molar refractivity (Wildman–Crippen MR) is 73.7 cm³/mol. The van der Waals surface area contributed by atoms with E-state index >= 15 is 0 Å². The number of hydrogen-bond donors (Lipinski definition) is 0. The number of nitrogens with zero attached hydrogens (tertiary/aromatic N) is 2. The van der Waals surface area contributed by atoms with Crippen molar-refractivity contribution in [1.82, 2.24) is 9.55 Å². The lowest BCUT2D eigenvalue weighted by Crippen LogP contribution is -2.15. The highest BCUT2D eigenvalue weighted by atomic mass is 16.5. The average molecular weight is 272 g/mol. The first-order valence-electron chi connectivity index (χ1n) is 6.25. The van der Waals surface area contributed by atoms with E-state index in [0.29, 0.717) is 5.56 Å². The fraction of sp³-hybridized carbons (Fsp3) is 0.267. The van der Waals surface area contributed by atoms with Crippen LogP contribution in [0.2, 0.25) is 0 Å². The molecule has 0 unspecified atom stereocenters. The van der Waals surface area contributed by atoms with Gasteiger partial charge < -0.3 is 9.30 Å². The van der Waals surface area contributed by atoms with Crippen LogP contribution in [0.25, 0.3) is 0 Å². The molecule has 104 valence electrons. The molecule has 2 aromatic heterocycles. The molecule has 0 N–H and O–H groups in total. The minimum Gasteiger partial charge on any atom is -0.453 e. The number of pyridine rings is 1. The summed E-state index contributed by atoms with van der Waals surface area (Å²) in [6.45, 7) is 3.50. The maximum absolute atomic E-state index is 12.1. The molecular weight excluding hydrogens is 256 g/mol. The molecule has 0 aliphatic heterocycles. The van der Waals surface area contributed by atoms with Gasteiger partial charge in [0.25, 0.3) is 0 Å². The van der Waals surface area contributed by atoms with Crippen LogP contribution in [0.5, 0.6) is 0 Å².